The van der Waals surface area contributed by atoms with E-state index in [4.69, 9.17) is 11.6 Å². The first-order chi connectivity index (χ1) is 10.8. The molecule has 0 bridgehead atoms. The number of halogens is 2. The van der Waals surface area contributed by atoms with Crippen molar-refractivity contribution in [3.05, 3.63) is 64.9 Å². The second-order valence-electron chi connectivity index (χ2n) is 5.32. The maximum Gasteiger partial charge on any atom is 0.242 e. The topological polar surface area (TPSA) is 49.4 Å². The largest absolute Gasteiger partial charge is 0.301 e. The van der Waals surface area contributed by atoms with Crippen LogP contribution >= 0.6 is 11.6 Å². The van der Waals surface area contributed by atoms with Crippen LogP contribution in [0.4, 0.5) is 4.39 Å². The second kappa shape index (κ2) is 7.40. The highest BCUT2D eigenvalue weighted by atomic mass is 35.5. The van der Waals surface area contributed by atoms with Crippen LogP contribution in [0.5, 0.6) is 0 Å². The van der Waals surface area contributed by atoms with Gasteiger partial charge in [0.15, 0.2) is 0 Å². The molecule has 0 aromatic heterocycles. The van der Waals surface area contributed by atoms with Crippen molar-refractivity contribution in [2.45, 2.75) is 10.9 Å². The van der Waals surface area contributed by atoms with Gasteiger partial charge < -0.3 is 4.90 Å². The molecule has 0 amide bonds. The number of hydrogen-bond acceptors (Lipinski definition) is 3. The van der Waals surface area contributed by atoms with Crippen molar-refractivity contribution in [3.63, 3.8) is 0 Å². The fraction of sp³-hybridized carbons (Fsp3) is 0.250. The summed E-state index contributed by atoms with van der Waals surface area (Å²) in [7, 11) is -0.130. The first kappa shape index (κ1) is 17.9. The normalized spacial score (nSPS) is 13.3. The van der Waals surface area contributed by atoms with Gasteiger partial charge in [-0.1, -0.05) is 35.9 Å². The summed E-state index contributed by atoms with van der Waals surface area (Å²) in [5.41, 5.74) is 0.692. The van der Waals surface area contributed by atoms with E-state index in [0.29, 0.717) is 5.56 Å². The number of sulfonamides is 1. The fourth-order valence-corrected chi connectivity index (χ4v) is 3.80. The Kier molecular flexibility index (Phi) is 5.75. The minimum atomic E-state index is -3.74. The van der Waals surface area contributed by atoms with E-state index >= 15 is 0 Å². The van der Waals surface area contributed by atoms with Gasteiger partial charge in [0, 0.05) is 12.6 Å². The summed E-state index contributed by atoms with van der Waals surface area (Å²) in [5.74, 6) is -0.358. The number of hydrogen-bond donors (Lipinski definition) is 1. The average Bonchev–Trinajstić information content (AvgIpc) is 2.47. The summed E-state index contributed by atoms with van der Waals surface area (Å²) >= 11 is 5.95. The molecule has 0 radical (unpaired) electrons. The SMILES string of the molecule is CN(C)C(CNS(=O)(=O)c1ccccc1Cl)c1cccc(F)c1. The Labute approximate surface area is 140 Å². The fourth-order valence-electron chi connectivity index (χ4n) is 2.24. The van der Waals surface area contributed by atoms with Gasteiger partial charge in [0.05, 0.1) is 5.02 Å². The number of nitrogens with zero attached hydrogens (tertiary/aromatic N) is 1. The molecule has 0 fully saturated rings. The van der Waals surface area contributed by atoms with Crippen LogP contribution in [-0.2, 0) is 10.0 Å². The summed E-state index contributed by atoms with van der Waals surface area (Å²) in [5, 5.41) is 0.159. The molecule has 0 saturated heterocycles. The maximum absolute atomic E-state index is 13.4. The van der Waals surface area contributed by atoms with Crippen LogP contribution in [0.3, 0.4) is 0 Å². The predicted octanol–water partition coefficient (Wildman–Crippen LogP) is 3.06. The lowest BCUT2D eigenvalue weighted by molar-refractivity contribution is 0.299. The smallest absolute Gasteiger partial charge is 0.242 e. The number of nitrogens with one attached hydrogen (secondary N) is 1. The highest BCUT2D eigenvalue weighted by Crippen LogP contribution is 2.22. The maximum atomic E-state index is 13.4. The zero-order valence-electron chi connectivity index (χ0n) is 12.8. The molecule has 7 heteroatoms. The summed E-state index contributed by atoms with van der Waals surface area (Å²) < 4.78 is 40.7. The Morgan fingerprint density at radius 3 is 2.48 bits per heavy atom. The van der Waals surface area contributed by atoms with Gasteiger partial charge in [0.25, 0.3) is 0 Å². The van der Waals surface area contributed by atoms with Crippen molar-refractivity contribution < 1.29 is 12.8 Å². The van der Waals surface area contributed by atoms with Crippen LogP contribution in [0.2, 0.25) is 5.02 Å². The van der Waals surface area contributed by atoms with Gasteiger partial charge in [-0.3, -0.25) is 0 Å². The Morgan fingerprint density at radius 2 is 1.87 bits per heavy atom. The van der Waals surface area contributed by atoms with E-state index in [2.05, 4.69) is 4.72 Å². The monoisotopic (exact) mass is 356 g/mol. The first-order valence-corrected chi connectivity index (χ1v) is 8.83. The highest BCUT2D eigenvalue weighted by Gasteiger charge is 2.21. The van der Waals surface area contributed by atoms with Gasteiger partial charge in [-0.25, -0.2) is 17.5 Å². The summed E-state index contributed by atoms with van der Waals surface area (Å²) in [6.45, 7) is 0.101. The summed E-state index contributed by atoms with van der Waals surface area (Å²) in [4.78, 5) is 1.85. The lowest BCUT2D eigenvalue weighted by Gasteiger charge is -2.25. The van der Waals surface area contributed by atoms with Gasteiger partial charge in [-0.15, -0.1) is 0 Å². The van der Waals surface area contributed by atoms with Gasteiger partial charge in [-0.2, -0.15) is 0 Å². The molecule has 4 nitrogen and oxygen atoms in total. The molecule has 2 aromatic carbocycles. The molecule has 1 unspecified atom stereocenters. The molecule has 0 aliphatic heterocycles. The zero-order chi connectivity index (χ0) is 17.0. The third-order valence-corrected chi connectivity index (χ3v) is 5.37. The van der Waals surface area contributed by atoms with Crippen molar-refractivity contribution >= 4 is 21.6 Å². The third kappa shape index (κ3) is 4.51. The second-order valence-corrected chi connectivity index (χ2v) is 7.46. The Morgan fingerprint density at radius 1 is 1.17 bits per heavy atom. The molecule has 2 rings (SSSR count). The van der Waals surface area contributed by atoms with Crippen LogP contribution in [0.15, 0.2) is 53.4 Å². The standard InChI is InChI=1S/C16H18ClFN2O2S/c1-20(2)15(12-6-5-7-13(18)10-12)11-19-23(21,22)16-9-4-3-8-14(16)17/h3-10,15,19H,11H2,1-2H3. The molecule has 0 aliphatic carbocycles. The van der Waals surface area contributed by atoms with E-state index in [0.717, 1.165) is 0 Å². The molecular weight excluding hydrogens is 339 g/mol. The van der Waals surface area contributed by atoms with Crippen LogP contribution < -0.4 is 4.72 Å². The molecular formula is C16H18ClFN2O2S. The number of rotatable bonds is 6. The van der Waals surface area contributed by atoms with Crippen LogP contribution in [0.25, 0.3) is 0 Å². The zero-order valence-corrected chi connectivity index (χ0v) is 14.4. The minimum Gasteiger partial charge on any atom is -0.301 e. The van der Waals surface area contributed by atoms with E-state index in [1.54, 1.807) is 38.4 Å². The Hall–Kier alpha value is -1.47. The molecule has 124 valence electrons. The van der Waals surface area contributed by atoms with E-state index in [9.17, 15) is 12.8 Å². The summed E-state index contributed by atoms with van der Waals surface area (Å²) in [6, 6.07) is 12.0. The third-order valence-electron chi connectivity index (χ3n) is 3.45. The number of likely N-dealkylation sites (N-methyl/N-ethyl adjacent to an activating group) is 1. The Balaban J connectivity index is 2.21. The molecule has 1 N–H and O–H groups in total. The van der Waals surface area contributed by atoms with Crippen molar-refractivity contribution in [1.82, 2.24) is 9.62 Å². The van der Waals surface area contributed by atoms with Crippen molar-refractivity contribution in [2.75, 3.05) is 20.6 Å². The summed E-state index contributed by atoms with van der Waals surface area (Å²) in [6.07, 6.45) is 0. The molecule has 1 atom stereocenters. The highest BCUT2D eigenvalue weighted by molar-refractivity contribution is 7.89. The van der Waals surface area contributed by atoms with Crippen molar-refractivity contribution in [2.24, 2.45) is 0 Å². The molecule has 0 saturated carbocycles. The molecule has 0 spiro atoms. The molecule has 0 aliphatic rings. The van der Waals surface area contributed by atoms with E-state index in [1.165, 1.54) is 24.3 Å². The average molecular weight is 357 g/mol. The lowest BCUT2D eigenvalue weighted by Crippen LogP contribution is -2.34. The molecule has 23 heavy (non-hydrogen) atoms. The van der Waals surface area contributed by atoms with Crippen LogP contribution in [-0.4, -0.2) is 34.0 Å². The minimum absolute atomic E-state index is 0.0263. The van der Waals surface area contributed by atoms with Gasteiger partial charge in [0.2, 0.25) is 10.0 Å². The van der Waals surface area contributed by atoms with Gasteiger partial charge in [0.1, 0.15) is 10.7 Å². The van der Waals surface area contributed by atoms with Gasteiger partial charge in [-0.05, 0) is 43.9 Å². The quantitative estimate of drug-likeness (QED) is 0.865. The Bertz CT molecular complexity index is 781. The van der Waals surface area contributed by atoms with Crippen molar-refractivity contribution in [3.8, 4) is 0 Å². The first-order valence-electron chi connectivity index (χ1n) is 6.97. The molecule has 0 heterocycles. The van der Waals surface area contributed by atoms with E-state index in [-0.39, 0.29) is 28.3 Å². The van der Waals surface area contributed by atoms with Crippen molar-refractivity contribution in [1.29, 1.82) is 0 Å². The van der Waals surface area contributed by atoms with Crippen LogP contribution in [0, 0.1) is 5.82 Å². The lowest BCUT2D eigenvalue weighted by atomic mass is 10.1. The van der Waals surface area contributed by atoms with Crippen LogP contribution in [0.1, 0.15) is 11.6 Å². The van der Waals surface area contributed by atoms with E-state index < -0.39 is 10.0 Å². The van der Waals surface area contributed by atoms with Gasteiger partial charge >= 0.3 is 0 Å². The number of benzene rings is 2. The predicted molar refractivity (Wildman–Crippen MR) is 89.5 cm³/mol. The molecule has 2 aromatic rings. The van der Waals surface area contributed by atoms with E-state index in [1.807, 2.05) is 4.90 Å².